The van der Waals surface area contributed by atoms with Crippen LogP contribution in [0.25, 0.3) is 0 Å². The Labute approximate surface area is 326 Å². The highest BCUT2D eigenvalue weighted by Gasteiger charge is 2.48. The van der Waals surface area contributed by atoms with Crippen LogP contribution in [0, 0.1) is 17.2 Å². The number of piperazine rings is 1. The number of piperidine rings is 1. The molecule has 1 aromatic heterocycles. The smallest absolute Gasteiger partial charge is 0.410 e. The van der Waals surface area contributed by atoms with Crippen LogP contribution in [0.5, 0.6) is 11.5 Å². The second kappa shape index (κ2) is 16.1. The molecule has 1 spiro atoms. The summed E-state index contributed by atoms with van der Waals surface area (Å²) in [5.74, 6) is 0.899. The molecule has 0 saturated carbocycles. The van der Waals surface area contributed by atoms with Gasteiger partial charge in [-0.1, -0.05) is 0 Å². The minimum atomic E-state index is -3.63. The number of likely N-dealkylation sites (tertiary alicyclic amines) is 1. The Hall–Kier alpha value is -3.60. The van der Waals surface area contributed by atoms with Crippen molar-refractivity contribution in [2.75, 3.05) is 70.3 Å². The molecule has 6 rings (SSSR count). The topological polar surface area (TPSA) is 132 Å². The number of hydrogen-bond acceptors (Lipinski definition) is 10. The summed E-state index contributed by atoms with van der Waals surface area (Å²) in [6.07, 6.45) is 5.31. The molecule has 0 N–H and O–H groups in total. The highest BCUT2D eigenvalue weighted by molar-refractivity contribution is 7.86. The predicted octanol–water partition coefficient (Wildman–Crippen LogP) is 5.08. The Balaban J connectivity index is 1.00. The van der Waals surface area contributed by atoms with E-state index < -0.39 is 27.7 Å². The molecule has 14 nitrogen and oxygen atoms in total. The molecule has 0 bridgehead atoms. The Kier molecular flexibility index (Phi) is 12.0. The number of ether oxygens (including phenoxy) is 2. The van der Waals surface area contributed by atoms with Gasteiger partial charge in [0, 0.05) is 83.6 Å². The normalized spacial score (nSPS) is 22.7. The monoisotopic (exact) mass is 786 g/mol. The molecule has 4 fully saturated rings. The van der Waals surface area contributed by atoms with Crippen molar-refractivity contribution >= 4 is 28.0 Å². The van der Waals surface area contributed by atoms with E-state index in [9.17, 15) is 22.4 Å². The van der Waals surface area contributed by atoms with Gasteiger partial charge in [0.05, 0.1) is 11.8 Å². The fourth-order valence-electron chi connectivity index (χ4n) is 8.67. The molecule has 5 heterocycles. The first-order valence-corrected chi connectivity index (χ1v) is 21.1. The third-order valence-electron chi connectivity index (χ3n) is 11.3. The Morgan fingerprint density at radius 2 is 1.67 bits per heavy atom. The van der Waals surface area contributed by atoms with E-state index in [1.54, 1.807) is 20.3 Å². The van der Waals surface area contributed by atoms with Gasteiger partial charge < -0.3 is 29.1 Å². The molecule has 2 atom stereocenters. The quantitative estimate of drug-likeness (QED) is 0.322. The number of carbonyl (C=O) groups excluding carboxylic acids is 2. The summed E-state index contributed by atoms with van der Waals surface area (Å²) in [5, 5.41) is 0. The number of anilines is 1. The molecule has 0 radical (unpaired) electrons. The third kappa shape index (κ3) is 9.18. The predicted molar refractivity (Wildman–Crippen MR) is 208 cm³/mol. The van der Waals surface area contributed by atoms with Crippen LogP contribution < -0.4 is 9.64 Å². The standard InChI is InChI=1S/C39H59FN8O6S/c1-27(2)48(28(3)4)36(49)32-19-31(40)9-10-33(32)53-34-20-41-26-42-35(34)44-14-11-30(23-44)22-43-24-39(25-43)12-15-45(16-13-39)55(51,52)46-17-18-47(29(5)21-46)37(50)54-38(6,7)8/h9-10,19-20,26-30H,11-18,21-25H2,1-8H3/t29-,30-/m0/s1. The lowest BCUT2D eigenvalue weighted by molar-refractivity contribution is -0.0416. The molecule has 0 aliphatic carbocycles. The molecule has 0 unspecified atom stereocenters. The van der Waals surface area contributed by atoms with E-state index in [0.29, 0.717) is 37.1 Å². The lowest BCUT2D eigenvalue weighted by Crippen LogP contribution is -2.63. The van der Waals surface area contributed by atoms with Gasteiger partial charge in [-0.2, -0.15) is 17.0 Å². The molecule has 304 valence electrons. The Bertz CT molecular complexity index is 1800. The van der Waals surface area contributed by atoms with E-state index in [2.05, 4.69) is 19.8 Å². The molecular formula is C39H59FN8O6S. The third-order valence-corrected chi connectivity index (χ3v) is 13.3. The number of nitrogens with zero attached hydrogens (tertiary/aromatic N) is 8. The van der Waals surface area contributed by atoms with Gasteiger partial charge in [-0.3, -0.25) is 4.79 Å². The van der Waals surface area contributed by atoms with E-state index in [4.69, 9.17) is 9.47 Å². The van der Waals surface area contributed by atoms with Crippen LogP contribution in [0.1, 0.15) is 85.0 Å². The maximum atomic E-state index is 14.4. The van der Waals surface area contributed by atoms with E-state index in [0.717, 1.165) is 52.0 Å². The second-order valence-corrected chi connectivity index (χ2v) is 19.3. The van der Waals surface area contributed by atoms with Crippen molar-refractivity contribution in [2.45, 2.75) is 98.4 Å². The molecular weight excluding hydrogens is 728 g/mol. The van der Waals surface area contributed by atoms with Gasteiger partial charge in [-0.15, -0.1) is 0 Å². The van der Waals surface area contributed by atoms with Crippen molar-refractivity contribution in [1.82, 2.24) is 33.3 Å². The average Bonchev–Trinajstić information content (AvgIpc) is 3.56. The van der Waals surface area contributed by atoms with Gasteiger partial charge in [-0.05, 0) is 104 Å². The molecule has 1 aromatic carbocycles. The van der Waals surface area contributed by atoms with Crippen LogP contribution in [0.15, 0.2) is 30.7 Å². The van der Waals surface area contributed by atoms with Crippen LogP contribution in [0.2, 0.25) is 0 Å². The molecule has 55 heavy (non-hydrogen) atoms. The zero-order valence-corrected chi connectivity index (χ0v) is 34.5. The number of amides is 2. The van der Waals surface area contributed by atoms with E-state index >= 15 is 0 Å². The minimum absolute atomic E-state index is 0.0820. The number of carbonyl (C=O) groups is 2. The summed E-state index contributed by atoms with van der Waals surface area (Å²) in [6, 6.07) is 3.56. The maximum absolute atomic E-state index is 14.4. The van der Waals surface area contributed by atoms with Crippen molar-refractivity contribution < 1.29 is 31.9 Å². The van der Waals surface area contributed by atoms with Crippen LogP contribution in [0.4, 0.5) is 15.0 Å². The summed E-state index contributed by atoms with van der Waals surface area (Å²) < 4.78 is 56.8. The van der Waals surface area contributed by atoms with Gasteiger partial charge in [0.1, 0.15) is 23.5 Å². The minimum Gasteiger partial charge on any atom is -0.451 e. The van der Waals surface area contributed by atoms with Gasteiger partial charge in [0.15, 0.2) is 11.6 Å². The fraction of sp³-hybridized carbons (Fsp3) is 0.692. The first kappa shape index (κ1) is 41.0. The van der Waals surface area contributed by atoms with E-state index in [1.165, 1.54) is 28.8 Å². The van der Waals surface area contributed by atoms with E-state index in [1.807, 2.05) is 55.4 Å². The maximum Gasteiger partial charge on any atom is 0.410 e. The summed E-state index contributed by atoms with van der Waals surface area (Å²) in [6.45, 7) is 21.3. The molecule has 4 aliphatic heterocycles. The highest BCUT2D eigenvalue weighted by Crippen LogP contribution is 2.43. The van der Waals surface area contributed by atoms with Crippen LogP contribution in [-0.2, 0) is 14.9 Å². The summed E-state index contributed by atoms with van der Waals surface area (Å²) in [4.78, 5) is 43.0. The lowest BCUT2D eigenvalue weighted by Gasteiger charge is -2.54. The average molecular weight is 787 g/mol. The van der Waals surface area contributed by atoms with Gasteiger partial charge in [0.25, 0.3) is 16.1 Å². The number of aromatic nitrogens is 2. The molecule has 4 saturated heterocycles. The van der Waals surface area contributed by atoms with Crippen molar-refractivity contribution in [3.05, 3.63) is 42.1 Å². The zero-order chi connectivity index (χ0) is 39.9. The summed E-state index contributed by atoms with van der Waals surface area (Å²) >= 11 is 0. The van der Waals surface area contributed by atoms with Crippen LogP contribution in [0.3, 0.4) is 0 Å². The second-order valence-electron chi connectivity index (χ2n) is 17.4. The first-order valence-electron chi connectivity index (χ1n) is 19.7. The van der Waals surface area contributed by atoms with Crippen molar-refractivity contribution in [2.24, 2.45) is 11.3 Å². The first-order chi connectivity index (χ1) is 25.9. The number of benzene rings is 1. The van der Waals surface area contributed by atoms with Gasteiger partial charge in [0.2, 0.25) is 0 Å². The highest BCUT2D eigenvalue weighted by atomic mass is 32.2. The number of rotatable bonds is 10. The molecule has 2 aromatic rings. The van der Waals surface area contributed by atoms with Crippen molar-refractivity contribution in [3.63, 3.8) is 0 Å². The molecule has 16 heteroatoms. The zero-order valence-electron chi connectivity index (χ0n) is 33.7. The van der Waals surface area contributed by atoms with Crippen LogP contribution in [-0.4, -0.2) is 143 Å². The largest absolute Gasteiger partial charge is 0.451 e. The summed E-state index contributed by atoms with van der Waals surface area (Å²) in [7, 11) is -3.63. The van der Waals surface area contributed by atoms with Gasteiger partial charge in [-0.25, -0.2) is 19.2 Å². The van der Waals surface area contributed by atoms with Crippen molar-refractivity contribution in [1.29, 1.82) is 0 Å². The lowest BCUT2D eigenvalue weighted by atomic mass is 9.72. The fourth-order valence-corrected chi connectivity index (χ4v) is 10.4. The molecule has 2 amide bonds. The molecule has 4 aliphatic rings. The summed E-state index contributed by atoms with van der Waals surface area (Å²) in [5.41, 5.74) is -0.327. The number of hydrogen-bond donors (Lipinski definition) is 0. The van der Waals surface area contributed by atoms with Gasteiger partial charge >= 0.3 is 6.09 Å². The number of halogens is 1. The SMILES string of the molecule is CC(C)N(C(=O)c1cc(F)ccc1Oc1cncnc1N1CC[C@@H](CN2CC3(CCN(S(=O)(=O)N4CCN(C(=O)OC(C)(C)C)[C@@H](C)C4)CC3)C2)C1)C(C)C. The van der Waals surface area contributed by atoms with E-state index in [-0.39, 0.29) is 53.9 Å². The Morgan fingerprint density at radius 1 is 0.982 bits per heavy atom. The van der Waals surface area contributed by atoms with Crippen molar-refractivity contribution in [3.8, 4) is 11.5 Å². The van der Waals surface area contributed by atoms with Crippen LogP contribution >= 0.6 is 0 Å². The Morgan fingerprint density at radius 3 is 2.31 bits per heavy atom.